The Morgan fingerprint density at radius 2 is 1.94 bits per heavy atom. The highest BCUT2D eigenvalue weighted by molar-refractivity contribution is 6.68. The summed E-state index contributed by atoms with van der Waals surface area (Å²) in [4.78, 5) is 12.9. The lowest BCUT2D eigenvalue weighted by Gasteiger charge is -2.34. The second-order valence-electron chi connectivity index (χ2n) is 9.56. The highest BCUT2D eigenvalue weighted by Gasteiger charge is 2.49. The molecule has 31 heavy (non-hydrogen) atoms. The molecule has 0 atom stereocenters. The second-order valence-corrected chi connectivity index (χ2v) is 10.4. The average Bonchev–Trinajstić information content (AvgIpc) is 3.27. The third-order valence-electron chi connectivity index (χ3n) is 6.77. The third-order valence-corrected chi connectivity index (χ3v) is 7.33. The molecule has 162 valence electrons. The maximum absolute atomic E-state index is 12.9. The SMILES string of the molecule is CC1(C)CB(c2cccc(CC(=O)N3CCC(c4cc(Cl)ccc4Cl)=N3)c2)OC1(C)C. The van der Waals surface area contributed by atoms with Gasteiger partial charge in [-0.3, -0.25) is 4.79 Å². The standard InChI is InChI=1S/C24H27BCl2N2O2/c1-23(2)15-25(31-24(23,3)4)17-7-5-6-16(12-17)13-22(30)29-11-10-21(28-29)19-14-18(26)8-9-20(19)27/h5-9,12,14H,10-11,13,15H2,1-4H3. The Hall–Kier alpha value is -1.82. The molecule has 2 aliphatic heterocycles. The van der Waals surface area contributed by atoms with E-state index in [1.165, 1.54) is 5.01 Å². The van der Waals surface area contributed by atoms with Gasteiger partial charge in [-0.05, 0) is 54.8 Å². The van der Waals surface area contributed by atoms with Gasteiger partial charge < -0.3 is 4.65 Å². The van der Waals surface area contributed by atoms with Crippen LogP contribution in [-0.4, -0.2) is 35.7 Å². The Kier molecular flexibility index (Phi) is 5.97. The molecule has 0 unspecified atom stereocenters. The van der Waals surface area contributed by atoms with Crippen molar-refractivity contribution in [2.24, 2.45) is 10.5 Å². The summed E-state index contributed by atoms with van der Waals surface area (Å²) in [6.45, 7) is 9.38. The Labute approximate surface area is 194 Å². The van der Waals surface area contributed by atoms with Crippen LogP contribution in [0.5, 0.6) is 0 Å². The van der Waals surface area contributed by atoms with Gasteiger partial charge in [0.15, 0.2) is 0 Å². The number of halogens is 2. The zero-order valence-corrected chi connectivity index (χ0v) is 19.9. The van der Waals surface area contributed by atoms with E-state index in [2.05, 4.69) is 44.9 Å². The molecule has 0 spiro atoms. The maximum atomic E-state index is 12.9. The highest BCUT2D eigenvalue weighted by Crippen LogP contribution is 2.45. The summed E-state index contributed by atoms with van der Waals surface area (Å²) in [5, 5.41) is 7.26. The number of amides is 1. The molecular formula is C24H27BCl2N2O2. The Morgan fingerprint density at radius 3 is 2.65 bits per heavy atom. The van der Waals surface area contributed by atoms with Gasteiger partial charge in [0.25, 0.3) is 0 Å². The van der Waals surface area contributed by atoms with E-state index in [0.717, 1.165) is 28.6 Å². The molecule has 1 fully saturated rings. The van der Waals surface area contributed by atoms with Crippen molar-refractivity contribution in [1.82, 2.24) is 5.01 Å². The molecule has 0 aromatic heterocycles. The molecule has 0 aliphatic carbocycles. The normalized spacial score (nSPS) is 19.6. The summed E-state index contributed by atoms with van der Waals surface area (Å²) < 4.78 is 6.35. The second kappa shape index (κ2) is 8.27. The maximum Gasteiger partial charge on any atom is 0.327 e. The molecule has 0 bridgehead atoms. The molecule has 0 N–H and O–H groups in total. The Balaban J connectivity index is 1.47. The van der Waals surface area contributed by atoms with Crippen LogP contribution in [0, 0.1) is 5.41 Å². The first kappa shape index (κ1) is 22.4. The van der Waals surface area contributed by atoms with Gasteiger partial charge in [-0.15, -0.1) is 0 Å². The van der Waals surface area contributed by atoms with Crippen LogP contribution in [0.3, 0.4) is 0 Å². The van der Waals surface area contributed by atoms with Crippen molar-refractivity contribution in [3.8, 4) is 0 Å². The van der Waals surface area contributed by atoms with Crippen molar-refractivity contribution in [3.63, 3.8) is 0 Å². The van der Waals surface area contributed by atoms with Crippen molar-refractivity contribution in [3.05, 3.63) is 63.6 Å². The van der Waals surface area contributed by atoms with E-state index >= 15 is 0 Å². The van der Waals surface area contributed by atoms with E-state index in [1.54, 1.807) is 18.2 Å². The van der Waals surface area contributed by atoms with Crippen LogP contribution >= 0.6 is 23.2 Å². The molecule has 2 aliphatic rings. The van der Waals surface area contributed by atoms with Crippen molar-refractivity contribution in [2.75, 3.05) is 6.54 Å². The van der Waals surface area contributed by atoms with E-state index < -0.39 is 0 Å². The summed E-state index contributed by atoms with van der Waals surface area (Å²) in [6.07, 6.45) is 1.91. The topological polar surface area (TPSA) is 41.9 Å². The van der Waals surface area contributed by atoms with Crippen LogP contribution in [-0.2, 0) is 15.9 Å². The molecule has 1 amide bonds. The van der Waals surface area contributed by atoms with Gasteiger partial charge in [-0.25, -0.2) is 5.01 Å². The summed E-state index contributed by atoms with van der Waals surface area (Å²) in [7, 11) is 0. The quantitative estimate of drug-likeness (QED) is 0.592. The highest BCUT2D eigenvalue weighted by atomic mass is 35.5. The van der Waals surface area contributed by atoms with Crippen molar-refractivity contribution >= 4 is 47.2 Å². The largest absolute Gasteiger partial charge is 0.426 e. The van der Waals surface area contributed by atoms with Gasteiger partial charge in [0.2, 0.25) is 5.91 Å². The Morgan fingerprint density at radius 1 is 1.16 bits per heavy atom. The van der Waals surface area contributed by atoms with Crippen molar-refractivity contribution in [1.29, 1.82) is 0 Å². The lowest BCUT2D eigenvalue weighted by molar-refractivity contribution is -0.130. The third kappa shape index (κ3) is 4.55. The molecular weight excluding hydrogens is 430 g/mol. The van der Waals surface area contributed by atoms with Crippen LogP contribution < -0.4 is 5.46 Å². The zero-order chi connectivity index (χ0) is 22.4. The first-order chi connectivity index (χ1) is 14.6. The monoisotopic (exact) mass is 456 g/mol. The molecule has 7 heteroatoms. The number of benzene rings is 2. The van der Waals surface area contributed by atoms with E-state index in [4.69, 9.17) is 27.9 Å². The summed E-state index contributed by atoms with van der Waals surface area (Å²) >= 11 is 12.4. The molecule has 0 saturated carbocycles. The fraction of sp³-hybridized carbons (Fsp3) is 0.417. The Bertz CT molecular complexity index is 1040. The van der Waals surface area contributed by atoms with E-state index in [1.807, 2.05) is 12.1 Å². The lowest BCUT2D eigenvalue weighted by atomic mass is 9.54. The fourth-order valence-corrected chi connectivity index (χ4v) is 4.57. The summed E-state index contributed by atoms with van der Waals surface area (Å²) in [5.74, 6) is -0.0294. The van der Waals surface area contributed by atoms with Crippen molar-refractivity contribution in [2.45, 2.75) is 52.5 Å². The minimum Gasteiger partial charge on any atom is -0.426 e. The molecule has 2 aromatic rings. The van der Waals surface area contributed by atoms with Gasteiger partial charge in [-0.2, -0.15) is 5.10 Å². The number of carbonyl (C=O) groups is 1. The number of nitrogens with zero attached hydrogens (tertiary/aromatic N) is 2. The predicted molar refractivity (Wildman–Crippen MR) is 129 cm³/mol. The smallest absolute Gasteiger partial charge is 0.327 e. The predicted octanol–water partition coefficient (Wildman–Crippen LogP) is 5.21. The first-order valence-corrected chi connectivity index (χ1v) is 11.4. The van der Waals surface area contributed by atoms with E-state index in [0.29, 0.717) is 29.4 Å². The van der Waals surface area contributed by atoms with Crippen LogP contribution in [0.4, 0.5) is 0 Å². The minimum atomic E-state index is -0.189. The van der Waals surface area contributed by atoms with Gasteiger partial charge in [0, 0.05) is 22.0 Å². The number of hydrazone groups is 1. The van der Waals surface area contributed by atoms with E-state index in [9.17, 15) is 4.79 Å². The summed E-state index contributed by atoms with van der Waals surface area (Å²) in [6, 6.07) is 13.5. The van der Waals surface area contributed by atoms with Crippen LogP contribution in [0.25, 0.3) is 0 Å². The zero-order valence-electron chi connectivity index (χ0n) is 18.4. The summed E-state index contributed by atoms with van der Waals surface area (Å²) in [5.41, 5.74) is 3.57. The van der Waals surface area contributed by atoms with Gasteiger partial charge in [0.1, 0.15) is 0 Å². The lowest BCUT2D eigenvalue weighted by Crippen LogP contribution is -2.36. The number of hydrogen-bond donors (Lipinski definition) is 0. The van der Waals surface area contributed by atoms with Crippen molar-refractivity contribution < 1.29 is 9.45 Å². The number of hydrogen-bond acceptors (Lipinski definition) is 3. The van der Waals surface area contributed by atoms with Crippen LogP contribution in [0.2, 0.25) is 16.4 Å². The first-order valence-electron chi connectivity index (χ1n) is 10.7. The molecule has 1 saturated heterocycles. The van der Waals surface area contributed by atoms with Gasteiger partial charge in [-0.1, -0.05) is 61.3 Å². The minimum absolute atomic E-state index is 0.0294. The van der Waals surface area contributed by atoms with E-state index in [-0.39, 0.29) is 23.8 Å². The molecule has 4 rings (SSSR count). The number of carbonyl (C=O) groups excluding carboxylic acids is 1. The van der Waals surface area contributed by atoms with Crippen LogP contribution in [0.1, 0.15) is 45.2 Å². The molecule has 0 radical (unpaired) electrons. The average molecular weight is 457 g/mol. The van der Waals surface area contributed by atoms with Gasteiger partial charge in [0.05, 0.1) is 24.3 Å². The van der Waals surface area contributed by atoms with Crippen LogP contribution in [0.15, 0.2) is 47.6 Å². The van der Waals surface area contributed by atoms with Gasteiger partial charge >= 0.3 is 6.92 Å². The fourth-order valence-electron chi connectivity index (χ4n) is 4.17. The number of rotatable bonds is 4. The molecule has 2 heterocycles. The molecule has 2 aromatic carbocycles. The molecule has 4 nitrogen and oxygen atoms in total.